The van der Waals surface area contributed by atoms with Crippen LogP contribution >= 0.6 is 0 Å². The molecule has 1 aromatic heterocycles. The molecule has 0 spiro atoms. The lowest BCUT2D eigenvalue weighted by atomic mass is 10.1. The van der Waals surface area contributed by atoms with Gasteiger partial charge in [0.15, 0.2) is 0 Å². The van der Waals surface area contributed by atoms with Gasteiger partial charge in [-0.3, -0.25) is 0 Å². The van der Waals surface area contributed by atoms with E-state index in [9.17, 15) is 4.79 Å². The van der Waals surface area contributed by atoms with Crippen molar-refractivity contribution in [3.8, 4) is 5.75 Å². The molecule has 1 aromatic carbocycles. The molecule has 88 valence electrons. The van der Waals surface area contributed by atoms with Crippen molar-refractivity contribution < 1.29 is 14.6 Å². The molecule has 0 atom stereocenters. The maximum Gasteiger partial charge on any atom is 0.328 e. The minimum atomic E-state index is -0.952. The number of ether oxygens (including phenoxy) is 1. The zero-order valence-corrected chi connectivity index (χ0v) is 9.65. The fraction of sp³-hybridized carbons (Fsp3) is 0.154. The monoisotopic (exact) mass is 231 g/mol. The number of allylic oxidation sites excluding steroid dienone is 1. The Morgan fingerprint density at radius 1 is 1.47 bits per heavy atom. The SMILES string of the molecule is COc1cccc2[nH]cc(/C(C)=C/C(=O)O)c12. The van der Waals surface area contributed by atoms with Crippen molar-refractivity contribution in [1.82, 2.24) is 4.98 Å². The van der Waals surface area contributed by atoms with Gasteiger partial charge in [-0.15, -0.1) is 0 Å². The smallest absolute Gasteiger partial charge is 0.328 e. The first-order valence-electron chi connectivity index (χ1n) is 5.19. The van der Waals surface area contributed by atoms with Crippen LogP contribution in [0.25, 0.3) is 16.5 Å². The van der Waals surface area contributed by atoms with Gasteiger partial charge in [0.1, 0.15) is 5.75 Å². The van der Waals surface area contributed by atoms with Crippen molar-refractivity contribution in [1.29, 1.82) is 0 Å². The first-order chi connectivity index (χ1) is 8.13. The molecule has 2 aromatic rings. The molecule has 0 unspecified atom stereocenters. The number of carbonyl (C=O) groups is 1. The lowest BCUT2D eigenvalue weighted by Crippen LogP contribution is -1.90. The predicted molar refractivity (Wildman–Crippen MR) is 66.1 cm³/mol. The molecule has 0 aliphatic carbocycles. The molecule has 0 saturated carbocycles. The number of aliphatic carboxylic acids is 1. The van der Waals surface area contributed by atoms with E-state index in [0.29, 0.717) is 5.57 Å². The highest BCUT2D eigenvalue weighted by Crippen LogP contribution is 2.32. The second-order valence-corrected chi connectivity index (χ2v) is 3.75. The van der Waals surface area contributed by atoms with Crippen LogP contribution in [0.3, 0.4) is 0 Å². The number of aromatic nitrogens is 1. The van der Waals surface area contributed by atoms with Crippen LogP contribution in [0.4, 0.5) is 0 Å². The second kappa shape index (κ2) is 4.33. The molecule has 0 fully saturated rings. The first-order valence-corrected chi connectivity index (χ1v) is 5.19. The molecule has 0 aliphatic heterocycles. The van der Waals surface area contributed by atoms with Gasteiger partial charge in [0.2, 0.25) is 0 Å². The Morgan fingerprint density at radius 2 is 2.24 bits per heavy atom. The predicted octanol–water partition coefficient (Wildman–Crippen LogP) is 2.66. The second-order valence-electron chi connectivity index (χ2n) is 3.75. The number of carboxylic acid groups (broad SMARTS) is 1. The van der Waals surface area contributed by atoms with E-state index >= 15 is 0 Å². The summed E-state index contributed by atoms with van der Waals surface area (Å²) in [4.78, 5) is 13.8. The average molecular weight is 231 g/mol. The minimum Gasteiger partial charge on any atom is -0.496 e. The van der Waals surface area contributed by atoms with Gasteiger partial charge in [-0.1, -0.05) is 6.07 Å². The van der Waals surface area contributed by atoms with Crippen LogP contribution in [-0.2, 0) is 4.79 Å². The number of methoxy groups -OCH3 is 1. The van der Waals surface area contributed by atoms with E-state index in [-0.39, 0.29) is 0 Å². The summed E-state index contributed by atoms with van der Waals surface area (Å²) < 4.78 is 5.29. The van der Waals surface area contributed by atoms with E-state index in [4.69, 9.17) is 9.84 Å². The van der Waals surface area contributed by atoms with E-state index in [1.807, 2.05) is 18.2 Å². The molecule has 0 bridgehead atoms. The van der Waals surface area contributed by atoms with Gasteiger partial charge in [0, 0.05) is 28.7 Å². The van der Waals surface area contributed by atoms with Crippen molar-refractivity contribution in [3.63, 3.8) is 0 Å². The zero-order valence-electron chi connectivity index (χ0n) is 9.65. The lowest BCUT2D eigenvalue weighted by molar-refractivity contribution is -0.131. The Bertz CT molecular complexity index is 596. The minimum absolute atomic E-state index is 0.688. The molecule has 0 aliphatic rings. The fourth-order valence-electron chi connectivity index (χ4n) is 1.90. The Kier molecular flexibility index (Phi) is 2.87. The number of rotatable bonds is 3. The third-order valence-corrected chi connectivity index (χ3v) is 2.65. The van der Waals surface area contributed by atoms with Crippen molar-refractivity contribution >= 4 is 22.4 Å². The third-order valence-electron chi connectivity index (χ3n) is 2.65. The molecule has 4 nitrogen and oxygen atoms in total. The Morgan fingerprint density at radius 3 is 2.88 bits per heavy atom. The average Bonchev–Trinajstić information content (AvgIpc) is 2.71. The highest BCUT2D eigenvalue weighted by Gasteiger charge is 2.10. The van der Waals surface area contributed by atoms with Gasteiger partial charge < -0.3 is 14.8 Å². The van der Waals surface area contributed by atoms with Gasteiger partial charge in [0.25, 0.3) is 0 Å². The Hall–Kier alpha value is -2.23. The molecule has 1 heterocycles. The Balaban J connectivity index is 2.67. The van der Waals surface area contributed by atoms with Gasteiger partial charge >= 0.3 is 5.97 Å². The summed E-state index contributed by atoms with van der Waals surface area (Å²) in [5.41, 5.74) is 2.46. The summed E-state index contributed by atoms with van der Waals surface area (Å²) in [6.07, 6.45) is 2.98. The molecule has 0 saturated heterocycles. The zero-order chi connectivity index (χ0) is 12.4. The van der Waals surface area contributed by atoms with Crippen molar-refractivity contribution in [2.45, 2.75) is 6.92 Å². The van der Waals surface area contributed by atoms with Crippen molar-refractivity contribution in [3.05, 3.63) is 36.0 Å². The molecular formula is C13H13NO3. The number of fused-ring (bicyclic) bond motifs is 1. The molecule has 4 heteroatoms. The molecule has 0 radical (unpaired) electrons. The number of nitrogens with one attached hydrogen (secondary N) is 1. The summed E-state index contributed by atoms with van der Waals surface area (Å²) in [5.74, 6) is -0.219. The Labute approximate surface area is 98.5 Å². The van der Waals surface area contributed by atoms with Crippen LogP contribution in [0.1, 0.15) is 12.5 Å². The number of H-pyrrole nitrogens is 1. The van der Waals surface area contributed by atoms with Gasteiger partial charge in [-0.25, -0.2) is 4.79 Å². The first kappa shape index (κ1) is 11.3. The van der Waals surface area contributed by atoms with Crippen molar-refractivity contribution in [2.75, 3.05) is 7.11 Å². The van der Waals surface area contributed by atoms with Gasteiger partial charge in [0.05, 0.1) is 7.11 Å². The number of hydrogen-bond donors (Lipinski definition) is 2. The normalized spacial score (nSPS) is 11.8. The summed E-state index contributed by atoms with van der Waals surface area (Å²) in [5, 5.41) is 9.67. The molecule has 17 heavy (non-hydrogen) atoms. The topological polar surface area (TPSA) is 62.3 Å². The highest BCUT2D eigenvalue weighted by atomic mass is 16.5. The van der Waals surface area contributed by atoms with Crippen molar-refractivity contribution in [2.24, 2.45) is 0 Å². The largest absolute Gasteiger partial charge is 0.496 e. The number of hydrogen-bond acceptors (Lipinski definition) is 2. The van der Waals surface area contributed by atoms with Crippen LogP contribution in [0.2, 0.25) is 0 Å². The van der Waals surface area contributed by atoms with Crippen LogP contribution in [0.15, 0.2) is 30.5 Å². The maximum absolute atomic E-state index is 10.7. The van der Waals surface area contributed by atoms with E-state index < -0.39 is 5.97 Å². The third kappa shape index (κ3) is 2.01. The summed E-state index contributed by atoms with van der Waals surface area (Å²) >= 11 is 0. The molecule has 2 N–H and O–H groups in total. The fourth-order valence-corrected chi connectivity index (χ4v) is 1.90. The number of carboxylic acids is 1. The summed E-state index contributed by atoms with van der Waals surface area (Å²) in [6, 6.07) is 5.67. The number of benzene rings is 1. The van der Waals surface area contributed by atoms with E-state index in [1.54, 1.807) is 20.2 Å². The van der Waals surface area contributed by atoms with E-state index in [2.05, 4.69) is 4.98 Å². The molecular weight excluding hydrogens is 218 g/mol. The van der Waals surface area contributed by atoms with Crippen LogP contribution in [0.5, 0.6) is 5.75 Å². The summed E-state index contributed by atoms with van der Waals surface area (Å²) in [7, 11) is 1.60. The molecule has 0 amide bonds. The van der Waals surface area contributed by atoms with Crippen LogP contribution in [-0.4, -0.2) is 23.2 Å². The quantitative estimate of drug-likeness (QED) is 0.798. The van der Waals surface area contributed by atoms with Crippen LogP contribution < -0.4 is 4.74 Å². The van der Waals surface area contributed by atoms with Crippen LogP contribution in [0, 0.1) is 0 Å². The maximum atomic E-state index is 10.7. The highest BCUT2D eigenvalue weighted by molar-refractivity contribution is 6.00. The van der Waals surface area contributed by atoms with E-state index in [1.165, 1.54) is 6.08 Å². The van der Waals surface area contributed by atoms with Gasteiger partial charge in [-0.2, -0.15) is 0 Å². The standard InChI is InChI=1S/C13H13NO3/c1-8(6-12(15)16)9-7-14-10-4-3-5-11(17-2)13(9)10/h3-7,14H,1-2H3,(H,15,16)/b8-6+. The summed E-state index contributed by atoms with van der Waals surface area (Å²) in [6.45, 7) is 1.77. The van der Waals surface area contributed by atoms with E-state index in [0.717, 1.165) is 22.2 Å². The lowest BCUT2D eigenvalue weighted by Gasteiger charge is -2.04. The van der Waals surface area contributed by atoms with Gasteiger partial charge in [-0.05, 0) is 24.6 Å². The molecule has 2 rings (SSSR count). The number of aromatic amines is 1.